The van der Waals surface area contributed by atoms with Gasteiger partial charge < -0.3 is 5.32 Å². The second kappa shape index (κ2) is 5.17. The Kier molecular flexibility index (Phi) is 3.60. The topological polar surface area (TPSA) is 37.8 Å². The van der Waals surface area contributed by atoms with Crippen molar-refractivity contribution in [2.75, 3.05) is 5.32 Å². The average Bonchev–Trinajstić information content (AvgIpc) is 2.34. The zero-order valence-corrected chi connectivity index (χ0v) is 11.4. The summed E-state index contributed by atoms with van der Waals surface area (Å²) in [7, 11) is 0. The van der Waals surface area contributed by atoms with Crippen molar-refractivity contribution in [1.82, 2.24) is 9.97 Å². The Bertz CT molecular complexity index is 562. The molecule has 0 amide bonds. The van der Waals surface area contributed by atoms with Crippen LogP contribution in [0.2, 0.25) is 0 Å². The van der Waals surface area contributed by atoms with E-state index in [0.29, 0.717) is 0 Å². The van der Waals surface area contributed by atoms with Crippen molar-refractivity contribution in [2.24, 2.45) is 0 Å². The van der Waals surface area contributed by atoms with Gasteiger partial charge in [0, 0.05) is 17.4 Å². The van der Waals surface area contributed by atoms with E-state index >= 15 is 0 Å². The third-order valence-electron chi connectivity index (χ3n) is 3.12. The van der Waals surface area contributed by atoms with Gasteiger partial charge in [-0.15, -0.1) is 0 Å². The largest absolute Gasteiger partial charge is 0.340 e. The fourth-order valence-corrected chi connectivity index (χ4v) is 1.90. The second-order valence-corrected chi connectivity index (χ2v) is 4.52. The minimum atomic E-state index is 0.808. The van der Waals surface area contributed by atoms with Crippen molar-refractivity contribution in [3.05, 3.63) is 46.9 Å². The van der Waals surface area contributed by atoms with Crippen molar-refractivity contribution in [2.45, 2.75) is 34.1 Å². The summed E-state index contributed by atoms with van der Waals surface area (Å²) in [5, 5.41) is 3.38. The van der Waals surface area contributed by atoms with Crippen LogP contribution < -0.4 is 5.32 Å². The molecule has 0 saturated heterocycles. The zero-order chi connectivity index (χ0) is 13.1. The van der Waals surface area contributed by atoms with Crippen LogP contribution >= 0.6 is 0 Å². The lowest BCUT2D eigenvalue weighted by Crippen LogP contribution is -2.01. The van der Waals surface area contributed by atoms with E-state index in [1.807, 2.05) is 13.0 Å². The van der Waals surface area contributed by atoms with Gasteiger partial charge in [-0.25, -0.2) is 9.97 Å². The molecule has 0 aliphatic rings. The molecule has 1 aromatic carbocycles. The molecule has 2 rings (SSSR count). The maximum Gasteiger partial charge on any atom is 0.134 e. The molecular weight excluding hydrogens is 222 g/mol. The summed E-state index contributed by atoms with van der Waals surface area (Å²) >= 11 is 0. The highest BCUT2D eigenvalue weighted by molar-refractivity contribution is 5.62. The Morgan fingerprint density at radius 3 is 2.61 bits per heavy atom. The standard InChI is InChI=1S/C15H19N3/c1-5-13-9-15(17-12(4)16-13)18-14-8-6-7-10(2)11(14)3/h6-9H,5H2,1-4H3,(H,16,17,18). The van der Waals surface area contributed by atoms with E-state index < -0.39 is 0 Å². The minimum Gasteiger partial charge on any atom is -0.340 e. The van der Waals surface area contributed by atoms with Crippen LogP contribution in [0.4, 0.5) is 11.5 Å². The molecule has 0 radical (unpaired) electrons. The van der Waals surface area contributed by atoms with Crippen LogP contribution in [0.25, 0.3) is 0 Å². The molecule has 3 nitrogen and oxygen atoms in total. The second-order valence-electron chi connectivity index (χ2n) is 4.52. The number of aromatic nitrogens is 2. The van der Waals surface area contributed by atoms with Crippen LogP contribution in [0.3, 0.4) is 0 Å². The van der Waals surface area contributed by atoms with Crippen LogP contribution in [0.1, 0.15) is 29.6 Å². The number of benzene rings is 1. The molecule has 1 heterocycles. The Balaban J connectivity index is 2.34. The summed E-state index contributed by atoms with van der Waals surface area (Å²) in [6.07, 6.45) is 0.921. The quantitative estimate of drug-likeness (QED) is 0.890. The van der Waals surface area contributed by atoms with E-state index in [1.54, 1.807) is 0 Å². The molecule has 1 N–H and O–H groups in total. The van der Waals surface area contributed by atoms with Gasteiger partial charge in [-0.1, -0.05) is 19.1 Å². The number of hydrogen-bond donors (Lipinski definition) is 1. The first kappa shape index (κ1) is 12.6. The zero-order valence-electron chi connectivity index (χ0n) is 11.4. The van der Waals surface area contributed by atoms with E-state index in [9.17, 15) is 0 Å². The molecule has 0 fully saturated rings. The molecule has 3 heteroatoms. The van der Waals surface area contributed by atoms with Crippen LogP contribution in [0.15, 0.2) is 24.3 Å². The Morgan fingerprint density at radius 2 is 1.89 bits per heavy atom. The van der Waals surface area contributed by atoms with Gasteiger partial charge in [-0.2, -0.15) is 0 Å². The number of hydrogen-bond acceptors (Lipinski definition) is 3. The highest BCUT2D eigenvalue weighted by atomic mass is 15.0. The Hall–Kier alpha value is -1.90. The van der Waals surface area contributed by atoms with Crippen molar-refractivity contribution in [1.29, 1.82) is 0 Å². The number of anilines is 2. The van der Waals surface area contributed by atoms with Gasteiger partial charge in [0.25, 0.3) is 0 Å². The number of nitrogens with one attached hydrogen (secondary N) is 1. The van der Waals surface area contributed by atoms with Gasteiger partial charge >= 0.3 is 0 Å². The fraction of sp³-hybridized carbons (Fsp3) is 0.333. The SMILES string of the molecule is CCc1cc(Nc2cccc(C)c2C)nc(C)n1. The van der Waals surface area contributed by atoms with Crippen LogP contribution in [-0.4, -0.2) is 9.97 Å². The third-order valence-corrected chi connectivity index (χ3v) is 3.12. The molecule has 0 unspecified atom stereocenters. The molecule has 0 aliphatic heterocycles. The van der Waals surface area contributed by atoms with Crippen molar-refractivity contribution in [3.8, 4) is 0 Å². The van der Waals surface area contributed by atoms with Crippen LogP contribution in [0, 0.1) is 20.8 Å². The molecule has 0 atom stereocenters. The van der Waals surface area contributed by atoms with Gasteiger partial charge in [0.2, 0.25) is 0 Å². The number of rotatable bonds is 3. The van der Waals surface area contributed by atoms with Crippen LogP contribution in [-0.2, 0) is 6.42 Å². The fourth-order valence-electron chi connectivity index (χ4n) is 1.90. The molecule has 1 aromatic heterocycles. The molecule has 0 saturated carbocycles. The number of nitrogens with zero attached hydrogens (tertiary/aromatic N) is 2. The van der Waals surface area contributed by atoms with Crippen molar-refractivity contribution >= 4 is 11.5 Å². The smallest absolute Gasteiger partial charge is 0.134 e. The van der Waals surface area contributed by atoms with Gasteiger partial charge in [-0.05, 0) is 44.4 Å². The predicted molar refractivity (Wildman–Crippen MR) is 75.3 cm³/mol. The molecule has 0 bridgehead atoms. The van der Waals surface area contributed by atoms with Gasteiger partial charge in [0.1, 0.15) is 11.6 Å². The first-order valence-corrected chi connectivity index (χ1v) is 6.28. The van der Waals surface area contributed by atoms with E-state index in [2.05, 4.69) is 54.3 Å². The Labute approximate surface area is 108 Å². The molecular formula is C15H19N3. The maximum atomic E-state index is 4.43. The van der Waals surface area contributed by atoms with E-state index in [1.165, 1.54) is 11.1 Å². The normalized spacial score (nSPS) is 10.4. The summed E-state index contributed by atoms with van der Waals surface area (Å²) in [6.45, 7) is 8.26. The van der Waals surface area contributed by atoms with Crippen molar-refractivity contribution < 1.29 is 0 Å². The summed E-state index contributed by atoms with van der Waals surface area (Å²) in [5.74, 6) is 1.68. The highest BCUT2D eigenvalue weighted by Crippen LogP contribution is 2.22. The summed E-state index contributed by atoms with van der Waals surface area (Å²) < 4.78 is 0. The van der Waals surface area contributed by atoms with Gasteiger partial charge in [0.15, 0.2) is 0 Å². The molecule has 0 aliphatic carbocycles. The van der Waals surface area contributed by atoms with Crippen molar-refractivity contribution in [3.63, 3.8) is 0 Å². The summed E-state index contributed by atoms with van der Waals surface area (Å²) in [6, 6.07) is 8.25. The molecule has 2 aromatic rings. The van der Waals surface area contributed by atoms with Gasteiger partial charge in [0.05, 0.1) is 0 Å². The summed E-state index contributed by atoms with van der Waals surface area (Å²) in [5.41, 5.74) is 4.71. The predicted octanol–water partition coefficient (Wildman–Crippen LogP) is 3.71. The maximum absolute atomic E-state index is 4.43. The van der Waals surface area contributed by atoms with E-state index in [0.717, 1.165) is 29.4 Å². The highest BCUT2D eigenvalue weighted by Gasteiger charge is 2.04. The molecule has 94 valence electrons. The average molecular weight is 241 g/mol. The lowest BCUT2D eigenvalue weighted by molar-refractivity contribution is 0.952. The first-order chi connectivity index (χ1) is 8.60. The first-order valence-electron chi connectivity index (χ1n) is 6.28. The lowest BCUT2D eigenvalue weighted by atomic mass is 10.1. The van der Waals surface area contributed by atoms with E-state index in [4.69, 9.17) is 0 Å². The van der Waals surface area contributed by atoms with Gasteiger partial charge in [-0.3, -0.25) is 0 Å². The van der Waals surface area contributed by atoms with E-state index in [-0.39, 0.29) is 0 Å². The summed E-state index contributed by atoms with van der Waals surface area (Å²) in [4.78, 5) is 8.81. The Morgan fingerprint density at radius 1 is 1.11 bits per heavy atom. The number of aryl methyl sites for hydroxylation is 3. The molecule has 18 heavy (non-hydrogen) atoms. The monoisotopic (exact) mass is 241 g/mol. The van der Waals surface area contributed by atoms with Crippen LogP contribution in [0.5, 0.6) is 0 Å². The lowest BCUT2D eigenvalue weighted by Gasteiger charge is -2.11. The molecule has 0 spiro atoms. The minimum absolute atomic E-state index is 0.808. The third kappa shape index (κ3) is 2.67.